The van der Waals surface area contributed by atoms with Gasteiger partial charge in [-0.1, -0.05) is 87.8 Å². The number of hydrogen-bond acceptors (Lipinski definition) is 4. The Bertz CT molecular complexity index is 586. The zero-order chi connectivity index (χ0) is 21.7. The Morgan fingerprint density at radius 1 is 1.18 bits per heavy atom. The molecule has 0 saturated heterocycles. The summed E-state index contributed by atoms with van der Waals surface area (Å²) in [7, 11) is 0. The summed E-state index contributed by atoms with van der Waals surface area (Å²) in [5.74, 6) is 1.04. The molecule has 1 rings (SSSR count). The first-order valence-corrected chi connectivity index (χ1v) is 11.8. The number of benzene rings is 1. The first-order valence-electron chi connectivity index (χ1n) is 10.1. The van der Waals surface area contributed by atoms with Gasteiger partial charge in [0.2, 0.25) is 0 Å². The van der Waals surface area contributed by atoms with E-state index < -0.39 is 0 Å². The number of thioether (sulfide) groups is 1. The molecule has 0 radical (unpaired) electrons. The second kappa shape index (κ2) is 14.3. The van der Waals surface area contributed by atoms with Crippen LogP contribution in [0.25, 0.3) is 4.91 Å². The molecule has 1 atom stereocenters. The molecule has 0 saturated carbocycles. The van der Waals surface area contributed by atoms with Crippen molar-refractivity contribution in [2.24, 2.45) is 11.8 Å². The van der Waals surface area contributed by atoms with Gasteiger partial charge in [0.15, 0.2) is 0 Å². The van der Waals surface area contributed by atoms with Gasteiger partial charge in [-0.15, -0.1) is 0 Å². The lowest BCUT2D eigenvalue weighted by Crippen LogP contribution is -2.16. The minimum absolute atomic E-state index is 0.240. The molecule has 2 N–H and O–H groups in total. The van der Waals surface area contributed by atoms with Crippen LogP contribution in [-0.2, 0) is 6.54 Å². The van der Waals surface area contributed by atoms with E-state index in [2.05, 4.69) is 77.1 Å². The fraction of sp³-hybridized carbons (Fsp3) is 0.583. The second-order valence-corrected chi connectivity index (χ2v) is 11.1. The van der Waals surface area contributed by atoms with Crippen LogP contribution in [-0.4, -0.2) is 16.5 Å². The van der Waals surface area contributed by atoms with E-state index in [1.807, 2.05) is 19.3 Å². The highest BCUT2D eigenvalue weighted by atomic mass is 32.2. The van der Waals surface area contributed by atoms with Crippen LogP contribution in [0.5, 0.6) is 0 Å². The van der Waals surface area contributed by atoms with Crippen LogP contribution < -0.4 is 4.72 Å². The van der Waals surface area contributed by atoms with Crippen molar-refractivity contribution >= 4 is 28.6 Å². The van der Waals surface area contributed by atoms with Crippen LogP contribution in [0.15, 0.2) is 41.8 Å². The zero-order valence-electron chi connectivity index (χ0n) is 19.1. The quantitative estimate of drug-likeness (QED) is 0.402. The Morgan fingerprint density at radius 2 is 1.71 bits per heavy atom. The summed E-state index contributed by atoms with van der Waals surface area (Å²) >= 11 is 3.51. The van der Waals surface area contributed by atoms with Crippen molar-refractivity contribution in [2.45, 2.75) is 73.1 Å². The summed E-state index contributed by atoms with van der Waals surface area (Å²) in [5, 5.41) is 10.1. The first kappa shape index (κ1) is 27.3. The van der Waals surface area contributed by atoms with Crippen LogP contribution in [0.1, 0.15) is 72.9 Å². The van der Waals surface area contributed by atoms with Crippen molar-refractivity contribution in [3.63, 3.8) is 0 Å². The maximum atomic E-state index is 8.14. The SMILES string of the molecule is C=CS/C(=C(/C)C(C)CC)c1ccc(CNSC(C)(C)C)cc1.CC(C)CO. The number of hydrogen-bond donors (Lipinski definition) is 2. The molecule has 1 aromatic rings. The summed E-state index contributed by atoms with van der Waals surface area (Å²) in [6, 6.07) is 8.91. The van der Waals surface area contributed by atoms with Crippen molar-refractivity contribution < 1.29 is 5.11 Å². The maximum absolute atomic E-state index is 8.14. The third kappa shape index (κ3) is 12.0. The van der Waals surface area contributed by atoms with E-state index >= 15 is 0 Å². The zero-order valence-corrected chi connectivity index (χ0v) is 20.8. The van der Waals surface area contributed by atoms with Crippen molar-refractivity contribution in [1.29, 1.82) is 0 Å². The first-order chi connectivity index (χ1) is 13.1. The van der Waals surface area contributed by atoms with Gasteiger partial charge < -0.3 is 5.11 Å². The minimum atomic E-state index is 0.240. The molecule has 0 fully saturated rings. The van der Waals surface area contributed by atoms with E-state index in [9.17, 15) is 0 Å². The molecular weight excluding hydrogens is 382 g/mol. The normalized spacial score (nSPS) is 13.5. The van der Waals surface area contributed by atoms with Crippen LogP contribution in [0.4, 0.5) is 0 Å². The van der Waals surface area contributed by atoms with E-state index in [4.69, 9.17) is 5.11 Å². The lowest BCUT2D eigenvalue weighted by molar-refractivity contribution is 0.248. The Kier molecular flexibility index (Phi) is 14.0. The second-order valence-electron chi connectivity index (χ2n) is 8.41. The molecule has 0 aliphatic heterocycles. The number of rotatable bonds is 9. The van der Waals surface area contributed by atoms with Gasteiger partial charge >= 0.3 is 0 Å². The molecule has 4 heteroatoms. The highest BCUT2D eigenvalue weighted by molar-refractivity contribution is 8.10. The minimum Gasteiger partial charge on any atom is -0.396 e. The fourth-order valence-electron chi connectivity index (χ4n) is 2.11. The summed E-state index contributed by atoms with van der Waals surface area (Å²) < 4.78 is 3.69. The molecule has 0 amide bonds. The van der Waals surface area contributed by atoms with E-state index in [1.165, 1.54) is 28.0 Å². The molecule has 0 aliphatic rings. The van der Waals surface area contributed by atoms with Crippen LogP contribution in [0.2, 0.25) is 0 Å². The molecule has 0 heterocycles. The number of nitrogens with one attached hydrogen (secondary N) is 1. The van der Waals surface area contributed by atoms with Gasteiger partial charge in [0.25, 0.3) is 0 Å². The van der Waals surface area contributed by atoms with Crippen molar-refractivity contribution in [3.05, 3.63) is 53.0 Å². The van der Waals surface area contributed by atoms with Crippen LogP contribution in [0, 0.1) is 11.8 Å². The number of allylic oxidation sites excluding steroid dienone is 1. The summed E-state index contributed by atoms with van der Waals surface area (Å²) in [5.41, 5.74) is 4.06. The predicted molar refractivity (Wildman–Crippen MR) is 132 cm³/mol. The maximum Gasteiger partial charge on any atom is 0.0453 e. The monoisotopic (exact) mass is 423 g/mol. The largest absolute Gasteiger partial charge is 0.396 e. The molecule has 0 bridgehead atoms. The van der Waals surface area contributed by atoms with Crippen molar-refractivity contribution in [2.75, 3.05) is 6.61 Å². The smallest absolute Gasteiger partial charge is 0.0453 e. The molecule has 160 valence electrons. The van der Waals surface area contributed by atoms with E-state index in [0.29, 0.717) is 18.4 Å². The van der Waals surface area contributed by atoms with Gasteiger partial charge in [-0.3, -0.25) is 4.72 Å². The lowest BCUT2D eigenvalue weighted by atomic mass is 9.97. The highest BCUT2D eigenvalue weighted by Gasteiger charge is 2.12. The van der Waals surface area contributed by atoms with Gasteiger partial charge in [0.1, 0.15) is 0 Å². The average Bonchev–Trinajstić information content (AvgIpc) is 2.65. The number of aliphatic hydroxyl groups is 1. The Labute approximate surface area is 182 Å². The molecule has 2 nitrogen and oxygen atoms in total. The van der Waals surface area contributed by atoms with Crippen molar-refractivity contribution in [1.82, 2.24) is 4.72 Å². The van der Waals surface area contributed by atoms with Crippen molar-refractivity contribution in [3.8, 4) is 0 Å². The van der Waals surface area contributed by atoms with Gasteiger partial charge in [-0.2, -0.15) is 0 Å². The third-order valence-electron chi connectivity index (χ3n) is 4.15. The van der Waals surface area contributed by atoms with Crippen LogP contribution >= 0.6 is 23.7 Å². The Morgan fingerprint density at radius 3 is 2.11 bits per heavy atom. The number of aliphatic hydroxyl groups excluding tert-OH is 1. The molecular formula is C24H41NOS2. The molecule has 1 unspecified atom stereocenters. The summed E-state index contributed by atoms with van der Waals surface area (Å²) in [6.07, 6.45) is 1.17. The van der Waals surface area contributed by atoms with Crippen LogP contribution in [0.3, 0.4) is 0 Å². The van der Waals surface area contributed by atoms with Gasteiger partial charge in [0, 0.05) is 22.8 Å². The standard InChI is InChI=1S/C20H31NS2.C4H10O/c1-8-15(3)16(4)19(22-9-2)18-12-10-17(11-13-18)14-21-23-20(5,6)7;1-4(2)3-5/h9-13,15,21H,2,8,14H2,1,3-7H3;4-5H,3H2,1-2H3/b19-16-;. The summed E-state index contributed by atoms with van der Waals surface area (Å²) in [4.78, 5) is 1.35. The van der Waals surface area contributed by atoms with E-state index in [1.54, 1.807) is 23.7 Å². The topological polar surface area (TPSA) is 32.3 Å². The molecule has 0 aliphatic carbocycles. The molecule has 0 aromatic heterocycles. The van der Waals surface area contributed by atoms with E-state index in [-0.39, 0.29) is 4.75 Å². The Hall–Kier alpha value is -0.680. The van der Waals surface area contributed by atoms with Gasteiger partial charge in [-0.05, 0) is 62.5 Å². The predicted octanol–water partition coefficient (Wildman–Crippen LogP) is 7.51. The summed E-state index contributed by atoms with van der Waals surface area (Å²) in [6.45, 7) is 22.5. The molecule has 1 aromatic carbocycles. The average molecular weight is 424 g/mol. The fourth-order valence-corrected chi connectivity index (χ4v) is 3.61. The van der Waals surface area contributed by atoms with E-state index in [0.717, 1.165) is 6.54 Å². The third-order valence-corrected chi connectivity index (χ3v) is 6.01. The molecule has 0 spiro atoms. The Balaban J connectivity index is 0.00000129. The highest BCUT2D eigenvalue weighted by Crippen LogP contribution is 2.35. The van der Waals surface area contributed by atoms with Gasteiger partial charge in [0.05, 0.1) is 0 Å². The molecule has 28 heavy (non-hydrogen) atoms. The lowest BCUT2D eigenvalue weighted by Gasteiger charge is -2.18. The van der Waals surface area contributed by atoms with Gasteiger partial charge in [-0.25, -0.2) is 0 Å².